The van der Waals surface area contributed by atoms with Crippen molar-refractivity contribution in [3.63, 3.8) is 0 Å². The topological polar surface area (TPSA) is 62.3 Å². The molecular formula is C14H17ClN3O2S-. The summed E-state index contributed by atoms with van der Waals surface area (Å²) < 4.78 is 27.2. The van der Waals surface area contributed by atoms with Crippen LogP contribution in [0.15, 0.2) is 41.6 Å². The number of sulfonamides is 1. The first-order chi connectivity index (χ1) is 9.69. The van der Waals surface area contributed by atoms with E-state index in [1.807, 2.05) is 6.07 Å². The number of pyridine rings is 1. The molecule has 1 N–H and O–H groups in total. The summed E-state index contributed by atoms with van der Waals surface area (Å²) in [7, 11) is -3.45. The predicted molar refractivity (Wildman–Crippen MR) is 78.0 cm³/mol. The van der Waals surface area contributed by atoms with E-state index < -0.39 is 10.0 Å². The molecule has 2 aromatic rings. The zero-order valence-electron chi connectivity index (χ0n) is 11.5. The molecule has 1 aromatic carbocycles. The highest BCUT2D eigenvalue weighted by molar-refractivity contribution is 7.89. The van der Waals surface area contributed by atoms with Gasteiger partial charge < -0.3 is 17.7 Å². The summed E-state index contributed by atoms with van der Waals surface area (Å²) in [4.78, 5) is 4.42. The highest BCUT2D eigenvalue weighted by atomic mass is 35.5. The third-order valence-electron chi connectivity index (χ3n) is 3.56. The number of benzene rings is 1. The average Bonchev–Trinajstić information content (AvgIpc) is 2.76. The molecule has 7 heteroatoms. The minimum absolute atomic E-state index is 0. The summed E-state index contributed by atoms with van der Waals surface area (Å²) in [6.45, 7) is 2.65. The van der Waals surface area contributed by atoms with Gasteiger partial charge >= 0.3 is 0 Å². The number of hydrogen-bond acceptors (Lipinski definition) is 4. The van der Waals surface area contributed by atoms with Crippen LogP contribution >= 0.6 is 0 Å². The van der Waals surface area contributed by atoms with Crippen molar-refractivity contribution in [3.8, 4) is 0 Å². The summed E-state index contributed by atoms with van der Waals surface area (Å²) >= 11 is 0. The van der Waals surface area contributed by atoms with Gasteiger partial charge in [0.2, 0.25) is 10.0 Å². The number of halogens is 1. The lowest BCUT2D eigenvalue weighted by molar-refractivity contribution is -0.00000667. The van der Waals surface area contributed by atoms with E-state index in [2.05, 4.69) is 10.3 Å². The molecule has 0 radical (unpaired) electrons. The van der Waals surface area contributed by atoms with Crippen LogP contribution in [-0.2, 0) is 10.0 Å². The molecule has 1 saturated heterocycles. The van der Waals surface area contributed by atoms with Gasteiger partial charge in [0.1, 0.15) is 0 Å². The van der Waals surface area contributed by atoms with Gasteiger partial charge in [-0.05, 0) is 25.1 Å². The Hall–Kier alpha value is -1.21. The molecule has 1 aliphatic rings. The Morgan fingerprint density at radius 2 is 2.00 bits per heavy atom. The van der Waals surface area contributed by atoms with Crippen LogP contribution in [-0.4, -0.2) is 43.9 Å². The van der Waals surface area contributed by atoms with Crippen LogP contribution < -0.4 is 17.7 Å². The number of rotatable bonds is 2. The van der Waals surface area contributed by atoms with Crippen LogP contribution in [0, 0.1) is 0 Å². The van der Waals surface area contributed by atoms with Crippen molar-refractivity contribution >= 4 is 20.8 Å². The summed E-state index contributed by atoms with van der Waals surface area (Å²) in [5.41, 5.74) is 0. The first-order valence-electron chi connectivity index (χ1n) is 6.73. The Morgan fingerprint density at radius 3 is 2.86 bits per heavy atom. The van der Waals surface area contributed by atoms with E-state index in [4.69, 9.17) is 0 Å². The summed E-state index contributed by atoms with van der Waals surface area (Å²) in [5.74, 6) is 0. The smallest absolute Gasteiger partial charge is 0.243 e. The maximum atomic E-state index is 12.8. The van der Waals surface area contributed by atoms with Crippen LogP contribution in [0.25, 0.3) is 10.8 Å². The lowest BCUT2D eigenvalue weighted by Crippen LogP contribution is -3.00. The van der Waals surface area contributed by atoms with Crippen molar-refractivity contribution in [3.05, 3.63) is 36.7 Å². The zero-order chi connectivity index (χ0) is 14.0. The van der Waals surface area contributed by atoms with E-state index in [0.717, 1.165) is 23.7 Å². The van der Waals surface area contributed by atoms with E-state index in [1.165, 1.54) is 0 Å². The summed E-state index contributed by atoms with van der Waals surface area (Å²) in [5, 5.41) is 4.81. The molecule has 21 heavy (non-hydrogen) atoms. The van der Waals surface area contributed by atoms with Crippen molar-refractivity contribution in [2.45, 2.75) is 11.3 Å². The minimum Gasteiger partial charge on any atom is -1.00 e. The Labute approximate surface area is 130 Å². The second kappa shape index (κ2) is 6.70. The van der Waals surface area contributed by atoms with Crippen molar-refractivity contribution in [1.82, 2.24) is 14.6 Å². The standard InChI is InChI=1S/C14H17N3O2S.ClH/c18-20(19,17-9-2-6-15-8-10-17)14-4-1-3-12-11-16-7-5-13(12)14;/h1,3-5,7,11,15H,2,6,8-10H2;1H/p-1. The third-order valence-corrected chi connectivity index (χ3v) is 5.51. The largest absolute Gasteiger partial charge is 1.00 e. The van der Waals surface area contributed by atoms with Gasteiger partial charge in [-0.25, -0.2) is 8.42 Å². The molecule has 0 atom stereocenters. The Bertz CT molecular complexity index is 708. The van der Waals surface area contributed by atoms with Gasteiger partial charge in [0, 0.05) is 42.8 Å². The first kappa shape index (κ1) is 16.2. The Kier molecular flexibility index (Phi) is 5.16. The molecule has 0 spiro atoms. The van der Waals surface area contributed by atoms with Crippen molar-refractivity contribution < 1.29 is 20.8 Å². The fourth-order valence-electron chi connectivity index (χ4n) is 2.52. The molecule has 1 aromatic heterocycles. The molecular weight excluding hydrogens is 310 g/mol. The van der Waals surface area contributed by atoms with Crippen LogP contribution in [0.2, 0.25) is 0 Å². The molecule has 5 nitrogen and oxygen atoms in total. The molecule has 0 saturated carbocycles. The molecule has 1 aliphatic heterocycles. The van der Waals surface area contributed by atoms with Gasteiger partial charge in [-0.1, -0.05) is 12.1 Å². The third kappa shape index (κ3) is 3.18. The molecule has 3 rings (SSSR count). The summed E-state index contributed by atoms with van der Waals surface area (Å²) in [6, 6.07) is 7.09. The van der Waals surface area contributed by atoms with Crippen LogP contribution in [0.4, 0.5) is 0 Å². The normalized spacial score (nSPS) is 17.1. The van der Waals surface area contributed by atoms with Gasteiger partial charge in [-0.2, -0.15) is 4.31 Å². The van der Waals surface area contributed by atoms with Gasteiger partial charge in [-0.15, -0.1) is 0 Å². The molecule has 0 unspecified atom stereocenters. The van der Waals surface area contributed by atoms with Crippen molar-refractivity contribution in [1.29, 1.82) is 0 Å². The van der Waals surface area contributed by atoms with Crippen LogP contribution in [0.5, 0.6) is 0 Å². The highest BCUT2D eigenvalue weighted by Gasteiger charge is 2.26. The quantitative estimate of drug-likeness (QED) is 0.709. The molecule has 1 fully saturated rings. The first-order valence-corrected chi connectivity index (χ1v) is 8.17. The maximum Gasteiger partial charge on any atom is 0.243 e. The fraction of sp³-hybridized carbons (Fsp3) is 0.357. The van der Waals surface area contributed by atoms with Gasteiger partial charge in [-0.3, -0.25) is 4.98 Å². The fourth-order valence-corrected chi connectivity index (χ4v) is 4.21. The second-order valence-corrected chi connectivity index (χ2v) is 6.77. The number of aromatic nitrogens is 1. The lowest BCUT2D eigenvalue weighted by Gasteiger charge is -2.20. The molecule has 114 valence electrons. The van der Waals surface area contributed by atoms with Gasteiger partial charge in [0.25, 0.3) is 0 Å². The van der Waals surface area contributed by atoms with Crippen molar-refractivity contribution in [2.24, 2.45) is 0 Å². The van der Waals surface area contributed by atoms with Crippen LogP contribution in [0.3, 0.4) is 0 Å². The minimum atomic E-state index is -3.45. The number of hydrogen-bond donors (Lipinski definition) is 1. The Balaban J connectivity index is 0.00000161. The predicted octanol–water partition coefficient (Wildman–Crippen LogP) is -1.78. The van der Waals surface area contributed by atoms with E-state index in [-0.39, 0.29) is 12.4 Å². The number of nitrogens with one attached hydrogen (secondary N) is 1. The van der Waals surface area contributed by atoms with E-state index in [1.54, 1.807) is 34.9 Å². The molecule has 0 bridgehead atoms. The lowest BCUT2D eigenvalue weighted by atomic mass is 10.2. The second-order valence-electron chi connectivity index (χ2n) is 4.86. The van der Waals surface area contributed by atoms with Gasteiger partial charge in [0.15, 0.2) is 0 Å². The number of nitrogens with zero attached hydrogens (tertiary/aromatic N) is 2. The van der Waals surface area contributed by atoms with E-state index in [0.29, 0.717) is 24.5 Å². The highest BCUT2D eigenvalue weighted by Crippen LogP contribution is 2.25. The average molecular weight is 327 g/mol. The molecule has 2 heterocycles. The Morgan fingerprint density at radius 1 is 1.14 bits per heavy atom. The number of fused-ring (bicyclic) bond motifs is 1. The zero-order valence-corrected chi connectivity index (χ0v) is 13.1. The van der Waals surface area contributed by atoms with Crippen molar-refractivity contribution in [2.75, 3.05) is 26.2 Å². The van der Waals surface area contributed by atoms with E-state index in [9.17, 15) is 8.42 Å². The SMILES string of the molecule is O=S(=O)(c1cccc2cnccc12)N1CCCNCC1.[Cl-]. The molecule has 0 aliphatic carbocycles. The van der Waals surface area contributed by atoms with Crippen LogP contribution in [0.1, 0.15) is 6.42 Å². The monoisotopic (exact) mass is 326 g/mol. The van der Waals surface area contributed by atoms with E-state index >= 15 is 0 Å². The summed E-state index contributed by atoms with van der Waals surface area (Å²) in [6.07, 6.45) is 4.16. The maximum absolute atomic E-state index is 12.8. The van der Waals surface area contributed by atoms with Gasteiger partial charge in [0.05, 0.1) is 4.90 Å². The molecule has 0 amide bonds.